The van der Waals surface area contributed by atoms with Crippen LogP contribution in [0.1, 0.15) is 40.2 Å². The van der Waals surface area contributed by atoms with E-state index in [4.69, 9.17) is 18.9 Å². The predicted octanol–water partition coefficient (Wildman–Crippen LogP) is 5.22. The van der Waals surface area contributed by atoms with Crippen LogP contribution in [0.2, 0.25) is 0 Å². The van der Waals surface area contributed by atoms with Crippen LogP contribution in [-0.2, 0) is 0 Å². The second-order valence-electron chi connectivity index (χ2n) is 6.98. The van der Waals surface area contributed by atoms with Gasteiger partial charge in [0.25, 0.3) is 0 Å². The summed E-state index contributed by atoms with van der Waals surface area (Å²) in [5.41, 5.74) is 1.83. The van der Waals surface area contributed by atoms with Crippen LogP contribution in [0.5, 0.6) is 23.0 Å². The van der Waals surface area contributed by atoms with Crippen LogP contribution in [0.4, 0.5) is 0 Å². The van der Waals surface area contributed by atoms with Gasteiger partial charge in [0.1, 0.15) is 16.2 Å². The Labute approximate surface area is 173 Å². The molecule has 6 heteroatoms. The molecule has 3 rings (SSSR count). The Bertz CT molecular complexity index is 908. The summed E-state index contributed by atoms with van der Waals surface area (Å²) in [6.07, 6.45) is 3.96. The highest BCUT2D eigenvalue weighted by molar-refractivity contribution is 9.09. The molecule has 1 aliphatic rings. The van der Waals surface area contributed by atoms with Gasteiger partial charge in [0.2, 0.25) is 5.75 Å². The largest absolute Gasteiger partial charge is 0.493 e. The van der Waals surface area contributed by atoms with Crippen LogP contribution >= 0.6 is 15.9 Å². The molecule has 0 saturated heterocycles. The summed E-state index contributed by atoms with van der Waals surface area (Å²) < 4.78 is 22.0. The zero-order valence-corrected chi connectivity index (χ0v) is 18.1. The summed E-state index contributed by atoms with van der Waals surface area (Å²) in [4.78, 5) is 12.5. The summed E-state index contributed by atoms with van der Waals surface area (Å²) in [5, 5.41) is 0. The fourth-order valence-corrected chi connectivity index (χ4v) is 3.61. The Morgan fingerprint density at radius 2 is 1.68 bits per heavy atom. The number of ether oxygens (including phenoxy) is 4. The highest BCUT2D eigenvalue weighted by Crippen LogP contribution is 2.42. The van der Waals surface area contributed by atoms with Gasteiger partial charge < -0.3 is 18.9 Å². The zero-order valence-electron chi connectivity index (χ0n) is 16.5. The molecule has 1 aliphatic heterocycles. The molecule has 0 saturated carbocycles. The second kappa shape index (κ2) is 7.87. The van der Waals surface area contributed by atoms with Gasteiger partial charge in [-0.1, -0.05) is 22.0 Å². The lowest BCUT2D eigenvalue weighted by Crippen LogP contribution is -2.27. The number of halogens is 1. The standard InChI is InChI=1S/C22H23BrO5/c1-22(2)9-8-13-10-14(6-7-16(13)28-22)20(24)19(23)15-11-17(25-3)21(27-5)18(12-15)26-4/h6-12,19H,1-5H3. The van der Waals surface area contributed by atoms with Crippen LogP contribution in [0.25, 0.3) is 6.08 Å². The van der Waals surface area contributed by atoms with E-state index in [1.165, 1.54) is 0 Å². The van der Waals surface area contributed by atoms with Gasteiger partial charge in [-0.2, -0.15) is 0 Å². The molecule has 5 nitrogen and oxygen atoms in total. The number of carbonyl (C=O) groups is 1. The molecule has 0 amide bonds. The first-order chi connectivity index (χ1) is 13.3. The molecule has 2 aromatic carbocycles. The minimum Gasteiger partial charge on any atom is -0.493 e. The maximum Gasteiger partial charge on any atom is 0.203 e. The maximum absolute atomic E-state index is 13.1. The average molecular weight is 447 g/mol. The number of Topliss-reactive ketones (excluding diaryl/α,β-unsaturated/α-hetero) is 1. The SMILES string of the molecule is COc1cc(C(Br)C(=O)c2ccc3c(c2)C=CC(C)(C)O3)cc(OC)c1OC. The van der Waals surface area contributed by atoms with Gasteiger partial charge in [0.15, 0.2) is 17.3 Å². The number of carbonyl (C=O) groups excluding carboxylic acids is 1. The summed E-state index contributed by atoms with van der Waals surface area (Å²) in [5.74, 6) is 2.18. The molecular weight excluding hydrogens is 424 g/mol. The van der Waals surface area contributed by atoms with E-state index in [0.717, 1.165) is 11.3 Å². The van der Waals surface area contributed by atoms with E-state index in [1.54, 1.807) is 39.5 Å². The summed E-state index contributed by atoms with van der Waals surface area (Å²) >= 11 is 3.52. The third-order valence-corrected chi connectivity index (χ3v) is 5.49. The average Bonchev–Trinajstić information content (AvgIpc) is 2.70. The maximum atomic E-state index is 13.1. The van der Waals surface area contributed by atoms with E-state index in [2.05, 4.69) is 15.9 Å². The molecule has 2 aromatic rings. The lowest BCUT2D eigenvalue weighted by molar-refractivity contribution is 0.0991. The molecule has 0 fully saturated rings. The number of rotatable bonds is 6. The first kappa shape index (κ1) is 20.3. The summed E-state index contributed by atoms with van der Waals surface area (Å²) in [6.45, 7) is 3.98. The van der Waals surface area contributed by atoms with Gasteiger partial charge in [0, 0.05) is 11.1 Å². The molecule has 1 heterocycles. The number of ketones is 1. The quantitative estimate of drug-likeness (QED) is 0.449. The lowest BCUT2D eigenvalue weighted by Gasteiger charge is -2.28. The zero-order chi connectivity index (χ0) is 20.5. The van der Waals surface area contributed by atoms with Crippen molar-refractivity contribution in [2.45, 2.75) is 24.3 Å². The minimum absolute atomic E-state index is 0.0738. The lowest BCUT2D eigenvalue weighted by atomic mass is 9.97. The molecule has 148 valence electrons. The van der Waals surface area contributed by atoms with Gasteiger partial charge in [-0.25, -0.2) is 0 Å². The second-order valence-corrected chi connectivity index (χ2v) is 7.89. The fourth-order valence-electron chi connectivity index (χ4n) is 3.08. The van der Waals surface area contributed by atoms with E-state index in [1.807, 2.05) is 38.1 Å². The van der Waals surface area contributed by atoms with Crippen molar-refractivity contribution in [1.82, 2.24) is 0 Å². The van der Waals surface area contributed by atoms with Crippen molar-refractivity contribution in [2.75, 3.05) is 21.3 Å². The van der Waals surface area contributed by atoms with E-state index in [0.29, 0.717) is 28.4 Å². The van der Waals surface area contributed by atoms with Gasteiger partial charge in [-0.05, 0) is 55.8 Å². The highest BCUT2D eigenvalue weighted by atomic mass is 79.9. The van der Waals surface area contributed by atoms with E-state index >= 15 is 0 Å². The van der Waals surface area contributed by atoms with E-state index in [-0.39, 0.29) is 11.4 Å². The molecule has 1 unspecified atom stereocenters. The van der Waals surface area contributed by atoms with Crippen LogP contribution in [0, 0.1) is 0 Å². The Hall–Kier alpha value is -2.47. The number of hydrogen-bond acceptors (Lipinski definition) is 5. The molecular formula is C22H23BrO5. The monoisotopic (exact) mass is 446 g/mol. The van der Waals surface area contributed by atoms with Gasteiger partial charge >= 0.3 is 0 Å². The topological polar surface area (TPSA) is 54.0 Å². The van der Waals surface area contributed by atoms with Crippen molar-refractivity contribution in [1.29, 1.82) is 0 Å². The molecule has 0 spiro atoms. The Kier molecular flexibility index (Phi) is 5.70. The molecule has 0 radical (unpaired) electrons. The Morgan fingerprint density at radius 3 is 2.25 bits per heavy atom. The van der Waals surface area contributed by atoms with Crippen LogP contribution < -0.4 is 18.9 Å². The Balaban J connectivity index is 1.93. The molecule has 0 N–H and O–H groups in total. The number of fused-ring (bicyclic) bond motifs is 1. The molecule has 0 aromatic heterocycles. The van der Waals surface area contributed by atoms with Crippen molar-refractivity contribution in [3.8, 4) is 23.0 Å². The van der Waals surface area contributed by atoms with E-state index < -0.39 is 4.83 Å². The number of hydrogen-bond donors (Lipinski definition) is 0. The third kappa shape index (κ3) is 3.87. The smallest absolute Gasteiger partial charge is 0.203 e. The molecule has 0 aliphatic carbocycles. The van der Waals surface area contributed by atoms with Gasteiger partial charge in [-0.3, -0.25) is 4.79 Å². The number of alkyl halides is 1. The summed E-state index contributed by atoms with van der Waals surface area (Å²) in [7, 11) is 4.63. The van der Waals surface area contributed by atoms with Crippen LogP contribution in [-0.4, -0.2) is 32.7 Å². The molecule has 28 heavy (non-hydrogen) atoms. The predicted molar refractivity (Wildman–Crippen MR) is 112 cm³/mol. The van der Waals surface area contributed by atoms with Crippen molar-refractivity contribution >= 4 is 27.8 Å². The molecule has 1 atom stereocenters. The van der Waals surface area contributed by atoms with Crippen molar-refractivity contribution < 1.29 is 23.7 Å². The van der Waals surface area contributed by atoms with Crippen LogP contribution in [0.3, 0.4) is 0 Å². The normalized spacial score (nSPS) is 15.2. The molecule has 0 bridgehead atoms. The van der Waals surface area contributed by atoms with Crippen LogP contribution in [0.15, 0.2) is 36.4 Å². The fraction of sp³-hybridized carbons (Fsp3) is 0.318. The number of benzene rings is 2. The summed E-state index contributed by atoms with van der Waals surface area (Å²) in [6, 6.07) is 8.99. The van der Waals surface area contributed by atoms with Crippen molar-refractivity contribution in [3.05, 3.63) is 53.1 Å². The van der Waals surface area contributed by atoms with Crippen molar-refractivity contribution in [3.63, 3.8) is 0 Å². The highest BCUT2D eigenvalue weighted by Gasteiger charge is 2.26. The third-order valence-electron chi connectivity index (χ3n) is 4.54. The van der Waals surface area contributed by atoms with Gasteiger partial charge in [-0.15, -0.1) is 0 Å². The number of methoxy groups -OCH3 is 3. The first-order valence-electron chi connectivity index (χ1n) is 8.80. The minimum atomic E-state index is -0.566. The Morgan fingerprint density at radius 1 is 1.04 bits per heavy atom. The van der Waals surface area contributed by atoms with Gasteiger partial charge in [0.05, 0.1) is 21.3 Å². The van der Waals surface area contributed by atoms with E-state index in [9.17, 15) is 4.79 Å². The van der Waals surface area contributed by atoms with Crippen molar-refractivity contribution in [2.24, 2.45) is 0 Å². The first-order valence-corrected chi connectivity index (χ1v) is 9.71.